The molecule has 0 aliphatic carbocycles. The Labute approximate surface area is 47.5 Å². The van der Waals surface area contributed by atoms with Gasteiger partial charge in [0.15, 0.2) is 0 Å². The third kappa shape index (κ3) is 4.43. The van der Waals surface area contributed by atoms with E-state index in [1.165, 1.54) is 0 Å². The molecular weight excluding hydrogens is 175 g/mol. The quantitative estimate of drug-likeness (QED) is 0.497. The number of hydrogen-bond acceptors (Lipinski definition) is 0. The molecule has 0 saturated carbocycles. The van der Waals surface area contributed by atoms with Crippen LogP contribution >= 0.6 is 0 Å². The van der Waals surface area contributed by atoms with Crippen molar-refractivity contribution in [1.82, 2.24) is 0 Å². The van der Waals surface area contributed by atoms with Crippen molar-refractivity contribution in [2.24, 2.45) is 0 Å². The second-order valence-electron chi connectivity index (χ2n) is 1.55. The minimum absolute atomic E-state index is 1.08. The van der Waals surface area contributed by atoms with Gasteiger partial charge in [-0.15, -0.1) is 0 Å². The van der Waals surface area contributed by atoms with E-state index >= 15 is 0 Å². The molecule has 32 valence electrons. The number of rotatable bonds is 0. The zero-order valence-corrected chi connectivity index (χ0v) is 7.87. The van der Waals surface area contributed by atoms with Crippen LogP contribution in [0, 0.1) is 9.60 Å². The zero-order valence-electron chi connectivity index (χ0n) is 4.58. The molecule has 0 bridgehead atoms. The molecule has 0 aromatic heterocycles. The summed E-state index contributed by atoms with van der Waals surface area (Å²) in [6.07, 6.45) is 0. The maximum absolute atomic E-state index is 3.17. The van der Waals surface area contributed by atoms with Gasteiger partial charge >= 0.3 is 47.3 Å². The molecule has 0 atom stereocenters. The van der Waals surface area contributed by atoms with Gasteiger partial charge in [-0.2, -0.15) is 0 Å². The third-order valence-corrected chi connectivity index (χ3v) is 2.90. The first-order valence-corrected chi connectivity index (χ1v) is 10.4. The summed E-state index contributed by atoms with van der Waals surface area (Å²) in [5.41, 5.74) is 0. The second kappa shape index (κ2) is 3.61. The van der Waals surface area contributed by atoms with Gasteiger partial charge in [0.05, 0.1) is 0 Å². The Kier molecular flexibility index (Phi) is 3.87. The van der Waals surface area contributed by atoms with E-state index in [4.69, 9.17) is 0 Å². The Bertz CT molecular complexity index is 73.7. The molecule has 0 unspecified atom stereocenters. The van der Waals surface area contributed by atoms with Crippen molar-refractivity contribution in [2.75, 3.05) is 0 Å². The fourth-order valence-corrected chi connectivity index (χ4v) is 1.94. The fraction of sp³-hybridized carbons (Fsp3) is 0.600. The molecule has 0 spiro atoms. The van der Waals surface area contributed by atoms with Gasteiger partial charge < -0.3 is 0 Å². The van der Waals surface area contributed by atoms with E-state index in [2.05, 4.69) is 19.0 Å². The van der Waals surface area contributed by atoms with Gasteiger partial charge in [-0.05, 0) is 0 Å². The van der Waals surface area contributed by atoms with Crippen molar-refractivity contribution in [2.45, 2.75) is 16.3 Å². The monoisotopic (exact) mass is 184 g/mol. The van der Waals surface area contributed by atoms with Gasteiger partial charge in [-0.3, -0.25) is 0 Å². The molecule has 0 aliphatic rings. The average Bonchev–Trinajstić information content (AvgIpc) is 1.35. The van der Waals surface area contributed by atoms with Crippen LogP contribution in [0.2, 0.25) is 9.36 Å². The Morgan fingerprint density at radius 1 is 1.33 bits per heavy atom. The van der Waals surface area contributed by atoms with Crippen LogP contribution in [0.3, 0.4) is 0 Å². The molecule has 0 rings (SSSR count). The van der Waals surface area contributed by atoms with Gasteiger partial charge in [-0.1, -0.05) is 0 Å². The molecule has 6 heavy (non-hydrogen) atoms. The van der Waals surface area contributed by atoms with Crippen molar-refractivity contribution in [1.29, 1.82) is 0 Å². The van der Waals surface area contributed by atoms with Crippen LogP contribution in [0.1, 0.15) is 6.92 Å². The first-order chi connectivity index (χ1) is 2.77. The van der Waals surface area contributed by atoms with Crippen LogP contribution in [0.4, 0.5) is 0 Å². The molecule has 0 aromatic carbocycles. The van der Waals surface area contributed by atoms with Crippen LogP contribution in [-0.4, -0.2) is 21.4 Å². The Morgan fingerprint density at radius 2 is 1.83 bits per heavy atom. The van der Waals surface area contributed by atoms with Gasteiger partial charge in [0.25, 0.3) is 0 Å². The van der Waals surface area contributed by atoms with Crippen molar-refractivity contribution in [3.8, 4) is 9.60 Å². The summed E-state index contributed by atoms with van der Waals surface area (Å²) < 4.78 is 7.75. The third-order valence-electron chi connectivity index (χ3n) is 0.433. The molecule has 0 heterocycles. The second-order valence-corrected chi connectivity index (χ2v) is 8.96. The average molecular weight is 184 g/mol. The van der Waals surface area contributed by atoms with E-state index in [1.807, 2.05) is 6.92 Å². The SMILES string of the molecule is CC#[C][In]([CH3])[CH3]. The summed E-state index contributed by atoms with van der Waals surface area (Å²) in [7, 11) is 0. The van der Waals surface area contributed by atoms with E-state index in [9.17, 15) is 0 Å². The van der Waals surface area contributed by atoms with Gasteiger partial charge in [-0.25, -0.2) is 0 Å². The summed E-state index contributed by atoms with van der Waals surface area (Å²) in [5, 5.41) is 0. The van der Waals surface area contributed by atoms with Crippen molar-refractivity contribution < 1.29 is 0 Å². The molecule has 0 N–H and O–H groups in total. The van der Waals surface area contributed by atoms with Crippen LogP contribution in [0.5, 0.6) is 0 Å². The first-order valence-electron chi connectivity index (χ1n) is 2.19. The molecule has 0 amide bonds. The minimum atomic E-state index is -1.08. The summed E-state index contributed by atoms with van der Waals surface area (Å²) in [5.74, 6) is 2.91. The van der Waals surface area contributed by atoms with Crippen molar-refractivity contribution >= 4 is 21.4 Å². The maximum atomic E-state index is 3.17. The summed E-state index contributed by atoms with van der Waals surface area (Å²) >= 11 is -1.08. The van der Waals surface area contributed by atoms with Gasteiger partial charge in [0.1, 0.15) is 0 Å². The van der Waals surface area contributed by atoms with E-state index in [1.54, 1.807) is 0 Å². The van der Waals surface area contributed by atoms with Crippen LogP contribution in [0.25, 0.3) is 0 Å². The van der Waals surface area contributed by atoms with E-state index in [-0.39, 0.29) is 0 Å². The van der Waals surface area contributed by atoms with Crippen LogP contribution in [-0.2, 0) is 0 Å². The van der Waals surface area contributed by atoms with Gasteiger partial charge in [0, 0.05) is 0 Å². The Morgan fingerprint density at radius 3 is 1.83 bits per heavy atom. The summed E-state index contributed by atoms with van der Waals surface area (Å²) in [4.78, 5) is 0. The first kappa shape index (κ1) is 6.43. The predicted octanol–water partition coefficient (Wildman–Crippen LogP) is 1.30. The van der Waals surface area contributed by atoms with Crippen molar-refractivity contribution in [3.63, 3.8) is 0 Å². The number of hydrogen-bond donors (Lipinski definition) is 0. The predicted molar refractivity (Wildman–Crippen MR) is 30.9 cm³/mol. The molecule has 0 aromatic rings. The zero-order chi connectivity index (χ0) is 4.99. The molecule has 0 saturated heterocycles. The van der Waals surface area contributed by atoms with E-state index in [0.29, 0.717) is 0 Å². The molecule has 0 aliphatic heterocycles. The van der Waals surface area contributed by atoms with Crippen molar-refractivity contribution in [3.05, 3.63) is 0 Å². The topological polar surface area (TPSA) is 0 Å². The molecule has 1 heteroatoms. The normalized spacial score (nSPS) is 5.83. The standard InChI is InChI=1S/C3H3.2CH3.In/c1-3-2;;;/h1H3;2*1H3;. The Hall–Kier alpha value is 0.430. The van der Waals surface area contributed by atoms with Gasteiger partial charge in [0.2, 0.25) is 0 Å². The Balaban J connectivity index is 3.20. The van der Waals surface area contributed by atoms with E-state index in [0.717, 1.165) is 0 Å². The van der Waals surface area contributed by atoms with Crippen LogP contribution < -0.4 is 0 Å². The molecule has 0 nitrogen and oxygen atoms in total. The molecule has 0 radical (unpaired) electrons. The summed E-state index contributed by atoms with van der Waals surface area (Å²) in [6, 6.07) is 0. The summed E-state index contributed by atoms with van der Waals surface area (Å²) in [6.45, 7) is 1.91. The van der Waals surface area contributed by atoms with E-state index < -0.39 is 21.4 Å². The fourth-order valence-electron chi connectivity index (χ4n) is 0.289. The van der Waals surface area contributed by atoms with Crippen LogP contribution in [0.15, 0.2) is 0 Å². The molecule has 0 fully saturated rings. The molecular formula is C5H9In.